The van der Waals surface area contributed by atoms with Gasteiger partial charge in [-0.2, -0.15) is 0 Å². The van der Waals surface area contributed by atoms with Crippen molar-refractivity contribution >= 4 is 11.0 Å². The molecule has 3 aromatic heterocycles. The largest absolute Gasteiger partial charge is 0.478 e. The molecule has 0 aromatic carbocycles. The van der Waals surface area contributed by atoms with Crippen molar-refractivity contribution in [3.8, 4) is 17.1 Å². The fourth-order valence-electron chi connectivity index (χ4n) is 3.23. The second-order valence-corrected chi connectivity index (χ2v) is 6.18. The van der Waals surface area contributed by atoms with Crippen LogP contribution in [0.2, 0.25) is 0 Å². The molecule has 3 heterocycles. The minimum absolute atomic E-state index is 0.118. The summed E-state index contributed by atoms with van der Waals surface area (Å²) < 4.78 is 7.59. The molecular weight excluding hydrogens is 314 g/mol. The summed E-state index contributed by atoms with van der Waals surface area (Å²) in [4.78, 5) is 9.58. The van der Waals surface area contributed by atoms with Gasteiger partial charge < -0.3 is 14.4 Å². The molecule has 0 amide bonds. The highest BCUT2D eigenvalue weighted by atomic mass is 16.5. The third kappa shape index (κ3) is 3.24. The first-order valence-electron chi connectivity index (χ1n) is 8.80. The monoisotopic (exact) mass is 339 g/mol. The molecule has 3 aromatic rings. The van der Waals surface area contributed by atoms with Crippen LogP contribution in [0.25, 0.3) is 22.3 Å². The summed E-state index contributed by atoms with van der Waals surface area (Å²) >= 11 is 0. The van der Waals surface area contributed by atoms with Crippen LogP contribution in [-0.2, 0) is 13.0 Å². The summed E-state index contributed by atoms with van der Waals surface area (Å²) in [6.45, 7) is 9.49. The Morgan fingerprint density at radius 2 is 1.92 bits per heavy atom. The first-order chi connectivity index (χ1) is 12.1. The van der Waals surface area contributed by atoms with Gasteiger partial charge in [0.1, 0.15) is 0 Å². The predicted octanol–water partition coefficient (Wildman–Crippen LogP) is 3.67. The first-order valence-corrected chi connectivity index (χ1v) is 8.80. The Balaban J connectivity index is 2.16. The van der Waals surface area contributed by atoms with E-state index in [1.54, 1.807) is 0 Å². The third-order valence-corrected chi connectivity index (χ3v) is 4.40. The Bertz CT molecular complexity index is 900. The Morgan fingerprint density at radius 1 is 1.12 bits per heavy atom. The normalized spacial score (nSPS) is 11.2. The number of aliphatic hydroxyl groups is 1. The molecule has 0 saturated heterocycles. The van der Waals surface area contributed by atoms with Crippen LogP contribution in [0.4, 0.5) is 0 Å². The Kier molecular flexibility index (Phi) is 5.04. The van der Waals surface area contributed by atoms with E-state index >= 15 is 0 Å². The number of pyridine rings is 2. The molecule has 25 heavy (non-hydrogen) atoms. The van der Waals surface area contributed by atoms with Crippen LogP contribution in [0.15, 0.2) is 24.4 Å². The Labute approximate surface area is 148 Å². The van der Waals surface area contributed by atoms with Crippen molar-refractivity contribution < 1.29 is 9.84 Å². The number of aryl methyl sites for hydroxylation is 3. The van der Waals surface area contributed by atoms with E-state index in [1.807, 2.05) is 19.2 Å². The number of aliphatic hydroxyl groups excluding tert-OH is 1. The molecule has 0 radical (unpaired) electrons. The summed E-state index contributed by atoms with van der Waals surface area (Å²) in [6.07, 6.45) is 2.87. The van der Waals surface area contributed by atoms with Crippen molar-refractivity contribution in [2.24, 2.45) is 0 Å². The van der Waals surface area contributed by atoms with Crippen molar-refractivity contribution in [2.45, 2.75) is 40.7 Å². The maximum atomic E-state index is 9.27. The van der Waals surface area contributed by atoms with Gasteiger partial charge in [0.2, 0.25) is 5.88 Å². The molecule has 0 atom stereocenters. The van der Waals surface area contributed by atoms with E-state index in [-0.39, 0.29) is 6.61 Å². The fraction of sp³-hybridized carbons (Fsp3) is 0.400. The second-order valence-electron chi connectivity index (χ2n) is 6.18. The van der Waals surface area contributed by atoms with Gasteiger partial charge in [0, 0.05) is 24.4 Å². The summed E-state index contributed by atoms with van der Waals surface area (Å²) in [5.74, 6) is 0.659. The smallest absolute Gasteiger partial charge is 0.213 e. The van der Waals surface area contributed by atoms with E-state index in [0.717, 1.165) is 45.5 Å². The van der Waals surface area contributed by atoms with Gasteiger partial charge >= 0.3 is 0 Å². The highest BCUT2D eigenvalue weighted by Gasteiger charge is 2.15. The third-order valence-electron chi connectivity index (χ3n) is 4.40. The molecule has 5 heteroatoms. The highest BCUT2D eigenvalue weighted by Crippen LogP contribution is 2.30. The number of fused-ring (bicyclic) bond motifs is 1. The zero-order valence-electron chi connectivity index (χ0n) is 15.3. The molecule has 0 aliphatic heterocycles. The van der Waals surface area contributed by atoms with E-state index in [0.29, 0.717) is 19.0 Å². The molecule has 0 bridgehead atoms. The predicted molar refractivity (Wildman–Crippen MR) is 100 cm³/mol. The quantitative estimate of drug-likeness (QED) is 0.744. The van der Waals surface area contributed by atoms with Gasteiger partial charge in [0.25, 0.3) is 0 Å². The van der Waals surface area contributed by atoms with Gasteiger partial charge in [-0.1, -0.05) is 6.92 Å². The maximum absolute atomic E-state index is 9.27. The Morgan fingerprint density at radius 3 is 2.60 bits per heavy atom. The zero-order valence-corrected chi connectivity index (χ0v) is 15.3. The van der Waals surface area contributed by atoms with E-state index < -0.39 is 0 Å². The molecule has 0 saturated carbocycles. The number of hydrogen-bond donors (Lipinski definition) is 1. The number of ether oxygens (including phenoxy) is 1. The van der Waals surface area contributed by atoms with Crippen LogP contribution in [0.1, 0.15) is 30.7 Å². The van der Waals surface area contributed by atoms with Crippen LogP contribution >= 0.6 is 0 Å². The number of rotatable bonds is 6. The van der Waals surface area contributed by atoms with Crippen molar-refractivity contribution in [1.82, 2.24) is 14.5 Å². The zero-order chi connectivity index (χ0) is 18.0. The average Bonchev–Trinajstić information content (AvgIpc) is 2.90. The SMILES string of the molecule is CCOc1ccc(-c2nc3c(C)cn(CCO)c3cc2C)c(CC)n1. The minimum atomic E-state index is 0.118. The minimum Gasteiger partial charge on any atom is -0.478 e. The molecule has 0 aliphatic rings. The van der Waals surface area contributed by atoms with Crippen molar-refractivity contribution in [3.05, 3.63) is 41.2 Å². The van der Waals surface area contributed by atoms with Crippen LogP contribution in [-0.4, -0.2) is 32.9 Å². The van der Waals surface area contributed by atoms with Gasteiger partial charge in [0.15, 0.2) is 0 Å². The van der Waals surface area contributed by atoms with E-state index in [1.165, 1.54) is 0 Å². The molecule has 1 N–H and O–H groups in total. The molecule has 3 rings (SSSR count). The van der Waals surface area contributed by atoms with Crippen molar-refractivity contribution in [1.29, 1.82) is 0 Å². The lowest BCUT2D eigenvalue weighted by Crippen LogP contribution is -2.02. The number of aromatic nitrogens is 3. The van der Waals surface area contributed by atoms with E-state index in [9.17, 15) is 5.11 Å². The second kappa shape index (κ2) is 7.23. The fourth-order valence-corrected chi connectivity index (χ4v) is 3.23. The summed E-state index contributed by atoms with van der Waals surface area (Å²) in [6, 6.07) is 6.11. The lowest BCUT2D eigenvalue weighted by atomic mass is 10.0. The van der Waals surface area contributed by atoms with E-state index in [4.69, 9.17) is 9.72 Å². The van der Waals surface area contributed by atoms with Crippen LogP contribution in [0.5, 0.6) is 5.88 Å². The topological polar surface area (TPSA) is 60.2 Å². The van der Waals surface area contributed by atoms with Gasteiger partial charge in [-0.05, 0) is 50.5 Å². The van der Waals surface area contributed by atoms with Crippen LogP contribution in [0, 0.1) is 13.8 Å². The molecule has 0 aliphatic carbocycles. The Hall–Kier alpha value is -2.40. The van der Waals surface area contributed by atoms with Crippen molar-refractivity contribution in [2.75, 3.05) is 13.2 Å². The van der Waals surface area contributed by atoms with Crippen LogP contribution in [0.3, 0.4) is 0 Å². The summed E-state index contributed by atoms with van der Waals surface area (Å²) in [5.41, 5.74) is 7.26. The summed E-state index contributed by atoms with van der Waals surface area (Å²) in [7, 11) is 0. The van der Waals surface area contributed by atoms with Gasteiger partial charge in [-0.15, -0.1) is 0 Å². The molecule has 0 unspecified atom stereocenters. The lowest BCUT2D eigenvalue weighted by Gasteiger charge is -2.12. The van der Waals surface area contributed by atoms with E-state index in [2.05, 4.69) is 42.5 Å². The maximum Gasteiger partial charge on any atom is 0.213 e. The lowest BCUT2D eigenvalue weighted by molar-refractivity contribution is 0.278. The molecule has 0 fully saturated rings. The van der Waals surface area contributed by atoms with Gasteiger partial charge in [-0.25, -0.2) is 9.97 Å². The number of nitrogens with zero attached hydrogens (tertiary/aromatic N) is 3. The average molecular weight is 339 g/mol. The molecular formula is C20H25N3O2. The molecule has 5 nitrogen and oxygen atoms in total. The highest BCUT2D eigenvalue weighted by molar-refractivity contribution is 5.84. The van der Waals surface area contributed by atoms with Gasteiger partial charge in [-0.3, -0.25) is 0 Å². The summed E-state index contributed by atoms with van der Waals surface area (Å²) in [5, 5.41) is 9.27. The molecule has 0 spiro atoms. The van der Waals surface area contributed by atoms with Gasteiger partial charge in [0.05, 0.1) is 35.6 Å². The first kappa shape index (κ1) is 17.4. The number of hydrogen-bond acceptors (Lipinski definition) is 4. The standard InChI is InChI=1S/C20H25N3O2/c1-5-16-15(7-8-18(21-16)25-6-2)19-13(3)11-17-20(22-19)14(4)12-23(17)9-10-24/h7-8,11-12,24H,5-6,9-10H2,1-4H3. The van der Waals surface area contributed by atoms with Crippen molar-refractivity contribution in [3.63, 3.8) is 0 Å². The van der Waals surface area contributed by atoms with Crippen LogP contribution < -0.4 is 4.74 Å². The molecule has 132 valence electrons.